The monoisotopic (exact) mass is 337 g/mol. The van der Waals surface area contributed by atoms with Crippen LogP contribution in [0.1, 0.15) is 53.8 Å². The molecule has 1 heterocycles. The summed E-state index contributed by atoms with van der Waals surface area (Å²) in [6.07, 6.45) is 1.17. The van der Waals surface area contributed by atoms with Gasteiger partial charge in [-0.2, -0.15) is 0 Å². The van der Waals surface area contributed by atoms with E-state index in [-0.39, 0.29) is 6.04 Å². The molecule has 0 bridgehead atoms. The summed E-state index contributed by atoms with van der Waals surface area (Å²) in [7, 11) is 0. The number of aryl methyl sites for hydroxylation is 1. The first kappa shape index (κ1) is 14.8. The lowest BCUT2D eigenvalue weighted by molar-refractivity contribution is 0.732. The van der Waals surface area contributed by atoms with Crippen molar-refractivity contribution in [1.29, 1.82) is 0 Å². The zero-order chi connectivity index (χ0) is 14.0. The zero-order valence-electron chi connectivity index (χ0n) is 11.6. The summed E-state index contributed by atoms with van der Waals surface area (Å²) in [6.45, 7) is 6.58. The first-order valence-electron chi connectivity index (χ1n) is 6.64. The fraction of sp³-hybridized carbons (Fsp3) is 0.375. The van der Waals surface area contributed by atoms with Crippen molar-refractivity contribution in [3.8, 4) is 0 Å². The fourth-order valence-corrected chi connectivity index (χ4v) is 3.67. The van der Waals surface area contributed by atoms with Crippen LogP contribution in [0.4, 0.5) is 0 Å². The third kappa shape index (κ3) is 3.28. The summed E-state index contributed by atoms with van der Waals surface area (Å²) < 4.78 is 1.18. The Morgan fingerprint density at radius 3 is 2.26 bits per heavy atom. The number of hydrogen-bond acceptors (Lipinski definition) is 2. The maximum Gasteiger partial charge on any atom is 0.0731 e. The second kappa shape index (κ2) is 6.21. The normalized spacial score (nSPS) is 14.4. The van der Waals surface area contributed by atoms with Gasteiger partial charge in [-0.25, -0.2) is 0 Å². The van der Waals surface area contributed by atoms with Gasteiger partial charge in [0, 0.05) is 4.88 Å². The number of rotatable bonds is 4. The number of hydrogen-bond donors (Lipinski definition) is 1. The molecule has 2 unspecified atom stereocenters. The molecular weight excluding hydrogens is 318 g/mol. The molecular formula is C16H20BrNS. The Morgan fingerprint density at radius 1 is 1.21 bits per heavy atom. The molecule has 0 saturated carbocycles. The maximum atomic E-state index is 6.35. The van der Waals surface area contributed by atoms with Crippen molar-refractivity contribution in [2.24, 2.45) is 5.73 Å². The Balaban J connectivity index is 2.22. The Labute approximate surface area is 128 Å². The van der Waals surface area contributed by atoms with Gasteiger partial charge in [0.05, 0.1) is 9.83 Å². The topological polar surface area (TPSA) is 26.0 Å². The van der Waals surface area contributed by atoms with Gasteiger partial charge in [0.25, 0.3) is 0 Å². The van der Waals surface area contributed by atoms with Gasteiger partial charge >= 0.3 is 0 Å². The van der Waals surface area contributed by atoms with E-state index in [1.807, 2.05) is 0 Å². The van der Waals surface area contributed by atoms with Crippen molar-refractivity contribution in [1.82, 2.24) is 0 Å². The third-order valence-electron chi connectivity index (χ3n) is 3.66. The molecule has 2 rings (SSSR count). The molecule has 0 spiro atoms. The minimum absolute atomic E-state index is 0.0269. The summed E-state index contributed by atoms with van der Waals surface area (Å²) in [5.74, 6) is 0.614. The highest BCUT2D eigenvalue weighted by Crippen LogP contribution is 2.33. The molecule has 0 fully saturated rings. The van der Waals surface area contributed by atoms with E-state index in [2.05, 4.69) is 67.0 Å². The highest BCUT2D eigenvalue weighted by atomic mass is 79.9. The first-order chi connectivity index (χ1) is 9.02. The molecule has 1 aromatic carbocycles. The Hall–Kier alpha value is -0.640. The van der Waals surface area contributed by atoms with Gasteiger partial charge in [-0.05, 0) is 57.9 Å². The largest absolute Gasteiger partial charge is 0.320 e. The summed E-state index contributed by atoms with van der Waals surface area (Å²) in [5.41, 5.74) is 10.2. The number of thiophene rings is 1. The molecule has 0 aliphatic heterocycles. The predicted molar refractivity (Wildman–Crippen MR) is 87.9 cm³/mol. The molecule has 0 aliphatic rings. The van der Waals surface area contributed by atoms with Crippen LogP contribution in [-0.4, -0.2) is 0 Å². The zero-order valence-corrected chi connectivity index (χ0v) is 14.0. The number of nitrogens with two attached hydrogens (primary N) is 1. The molecule has 102 valence electrons. The summed E-state index contributed by atoms with van der Waals surface area (Å²) in [4.78, 5) is 1.21. The summed E-state index contributed by atoms with van der Waals surface area (Å²) in [6, 6.07) is 10.9. The van der Waals surface area contributed by atoms with E-state index in [9.17, 15) is 0 Å². The lowest BCUT2D eigenvalue weighted by atomic mass is 9.96. The number of halogens is 1. The van der Waals surface area contributed by atoms with Crippen molar-refractivity contribution in [3.63, 3.8) is 0 Å². The molecule has 3 heteroatoms. The average molecular weight is 338 g/mol. The van der Waals surface area contributed by atoms with Gasteiger partial charge in [-0.3, -0.25) is 0 Å². The van der Waals surface area contributed by atoms with Crippen LogP contribution in [0.5, 0.6) is 0 Å². The van der Waals surface area contributed by atoms with Gasteiger partial charge < -0.3 is 5.73 Å². The van der Waals surface area contributed by atoms with Crippen LogP contribution in [0.2, 0.25) is 0 Å². The molecule has 1 aromatic heterocycles. The molecule has 0 aliphatic carbocycles. The van der Waals surface area contributed by atoms with Crippen LogP contribution < -0.4 is 5.73 Å². The molecule has 0 amide bonds. The highest BCUT2D eigenvalue weighted by Gasteiger charge is 2.13. The molecule has 2 aromatic rings. The van der Waals surface area contributed by atoms with Crippen LogP contribution >= 0.6 is 27.3 Å². The van der Waals surface area contributed by atoms with Gasteiger partial charge in [0.2, 0.25) is 0 Å². The lowest BCUT2D eigenvalue weighted by Gasteiger charge is -2.13. The van der Waals surface area contributed by atoms with Crippen LogP contribution in [0, 0.1) is 6.92 Å². The molecule has 1 nitrogen and oxygen atoms in total. The standard InChI is InChI=1S/C16H20BrNS/c1-4-10(2)12-5-7-13(8-6-12)15(18)14-9-11(3)16(17)19-14/h5-10,15H,4,18H2,1-3H3. The van der Waals surface area contributed by atoms with Gasteiger partial charge in [0.15, 0.2) is 0 Å². The second-order valence-electron chi connectivity index (χ2n) is 5.06. The Kier molecular flexibility index (Phi) is 4.82. The van der Waals surface area contributed by atoms with Gasteiger partial charge in [-0.15, -0.1) is 11.3 Å². The van der Waals surface area contributed by atoms with Crippen molar-refractivity contribution >= 4 is 27.3 Å². The minimum Gasteiger partial charge on any atom is -0.320 e. The van der Waals surface area contributed by atoms with Crippen LogP contribution in [0.25, 0.3) is 0 Å². The van der Waals surface area contributed by atoms with E-state index in [1.54, 1.807) is 11.3 Å². The Morgan fingerprint density at radius 2 is 1.79 bits per heavy atom. The van der Waals surface area contributed by atoms with Gasteiger partial charge in [0.1, 0.15) is 0 Å². The lowest BCUT2D eigenvalue weighted by Crippen LogP contribution is -2.10. The van der Waals surface area contributed by atoms with Gasteiger partial charge in [-0.1, -0.05) is 38.1 Å². The molecule has 2 N–H and O–H groups in total. The predicted octanol–water partition coefficient (Wildman–Crippen LogP) is 5.38. The van der Waals surface area contributed by atoms with Crippen molar-refractivity contribution in [2.45, 2.75) is 39.2 Å². The fourth-order valence-electron chi connectivity index (χ4n) is 2.07. The SMILES string of the molecule is CCC(C)c1ccc(C(N)c2cc(C)c(Br)s2)cc1. The van der Waals surface area contributed by atoms with Crippen molar-refractivity contribution < 1.29 is 0 Å². The van der Waals surface area contributed by atoms with E-state index in [4.69, 9.17) is 5.73 Å². The van der Waals surface area contributed by atoms with Crippen molar-refractivity contribution in [2.75, 3.05) is 0 Å². The summed E-state index contributed by atoms with van der Waals surface area (Å²) >= 11 is 5.28. The molecule has 0 saturated heterocycles. The quantitative estimate of drug-likeness (QED) is 0.796. The maximum absolute atomic E-state index is 6.35. The van der Waals surface area contributed by atoms with Crippen LogP contribution in [0.15, 0.2) is 34.1 Å². The third-order valence-corrected chi connectivity index (χ3v) is 5.88. The van der Waals surface area contributed by atoms with Crippen LogP contribution in [0.3, 0.4) is 0 Å². The second-order valence-corrected chi connectivity index (χ2v) is 7.46. The van der Waals surface area contributed by atoms with Crippen molar-refractivity contribution in [3.05, 3.63) is 55.7 Å². The molecule has 19 heavy (non-hydrogen) atoms. The van der Waals surface area contributed by atoms with E-state index >= 15 is 0 Å². The first-order valence-corrected chi connectivity index (χ1v) is 8.25. The highest BCUT2D eigenvalue weighted by molar-refractivity contribution is 9.11. The Bertz CT molecular complexity index is 525. The van der Waals surface area contributed by atoms with E-state index in [1.165, 1.54) is 31.8 Å². The van der Waals surface area contributed by atoms with E-state index < -0.39 is 0 Å². The molecule has 2 atom stereocenters. The van der Waals surface area contributed by atoms with Crippen LogP contribution in [-0.2, 0) is 0 Å². The molecule has 0 radical (unpaired) electrons. The number of benzene rings is 1. The minimum atomic E-state index is -0.0269. The average Bonchev–Trinajstić information content (AvgIpc) is 2.77. The summed E-state index contributed by atoms with van der Waals surface area (Å²) in [5, 5.41) is 0. The smallest absolute Gasteiger partial charge is 0.0731 e. The van der Waals surface area contributed by atoms with E-state index in [0.29, 0.717) is 5.92 Å². The van der Waals surface area contributed by atoms with E-state index in [0.717, 1.165) is 0 Å².